The molecule has 2 amide bonds. The minimum atomic E-state index is -0.849. The van der Waals surface area contributed by atoms with E-state index < -0.39 is 11.8 Å². The minimum absolute atomic E-state index is 0.220. The molecule has 0 bridgehead atoms. The van der Waals surface area contributed by atoms with Crippen molar-refractivity contribution in [3.05, 3.63) is 71.8 Å². The van der Waals surface area contributed by atoms with E-state index in [1.54, 1.807) is 19.2 Å². The Hall–Kier alpha value is -3.87. The molecule has 0 atom stereocenters. The Morgan fingerprint density at radius 1 is 1.00 bits per heavy atom. The highest BCUT2D eigenvalue weighted by Gasteiger charge is 2.12. The van der Waals surface area contributed by atoms with Crippen molar-refractivity contribution in [3.8, 4) is 11.5 Å². The minimum Gasteiger partial charge on any atom is -0.497 e. The summed E-state index contributed by atoms with van der Waals surface area (Å²) >= 11 is 0. The van der Waals surface area contributed by atoms with E-state index >= 15 is 0 Å². The highest BCUT2D eigenvalue weighted by molar-refractivity contribution is 6.35. The zero-order chi connectivity index (χ0) is 21.3. The zero-order valence-electron chi connectivity index (χ0n) is 16.8. The van der Waals surface area contributed by atoms with E-state index in [4.69, 9.17) is 9.47 Å². The largest absolute Gasteiger partial charge is 0.497 e. The molecule has 154 valence electrons. The SMILES string of the molecule is CCOc1ccc2ccccc2c1/C=N\NC(=O)C(=O)NCc1ccc(OC)cc1. The Balaban J connectivity index is 1.63. The van der Waals surface area contributed by atoms with Gasteiger partial charge in [0.15, 0.2) is 0 Å². The van der Waals surface area contributed by atoms with Crippen molar-refractivity contribution in [2.45, 2.75) is 13.5 Å². The zero-order valence-corrected chi connectivity index (χ0v) is 16.8. The molecular weight excluding hydrogens is 382 g/mol. The predicted octanol–water partition coefficient (Wildman–Crippen LogP) is 3.01. The maximum Gasteiger partial charge on any atom is 0.329 e. The third kappa shape index (κ3) is 5.14. The van der Waals surface area contributed by atoms with E-state index in [-0.39, 0.29) is 6.54 Å². The van der Waals surface area contributed by atoms with Crippen molar-refractivity contribution in [1.29, 1.82) is 0 Å². The summed E-state index contributed by atoms with van der Waals surface area (Å²) in [5.41, 5.74) is 3.84. The fourth-order valence-electron chi connectivity index (χ4n) is 2.90. The average Bonchev–Trinajstić information content (AvgIpc) is 2.79. The van der Waals surface area contributed by atoms with Gasteiger partial charge in [-0.3, -0.25) is 9.59 Å². The average molecular weight is 405 g/mol. The number of fused-ring (bicyclic) bond motifs is 1. The van der Waals surface area contributed by atoms with Crippen LogP contribution in [0.5, 0.6) is 11.5 Å². The number of methoxy groups -OCH3 is 1. The van der Waals surface area contributed by atoms with Gasteiger partial charge in [0.1, 0.15) is 11.5 Å². The van der Waals surface area contributed by atoms with Gasteiger partial charge >= 0.3 is 11.8 Å². The third-order valence-electron chi connectivity index (χ3n) is 4.41. The van der Waals surface area contributed by atoms with Crippen LogP contribution < -0.4 is 20.2 Å². The number of nitrogens with one attached hydrogen (secondary N) is 2. The Morgan fingerprint density at radius 2 is 1.77 bits per heavy atom. The van der Waals surface area contributed by atoms with Gasteiger partial charge in [-0.25, -0.2) is 5.43 Å². The molecule has 0 heterocycles. The lowest BCUT2D eigenvalue weighted by Crippen LogP contribution is -2.37. The molecule has 7 nitrogen and oxygen atoms in total. The quantitative estimate of drug-likeness (QED) is 0.359. The summed E-state index contributed by atoms with van der Waals surface area (Å²) in [6, 6.07) is 18.8. The lowest BCUT2D eigenvalue weighted by atomic mass is 10.0. The smallest absolute Gasteiger partial charge is 0.329 e. The van der Waals surface area contributed by atoms with E-state index in [0.717, 1.165) is 27.6 Å². The number of carbonyl (C=O) groups is 2. The molecule has 0 aromatic heterocycles. The number of carbonyl (C=O) groups excluding carboxylic acids is 2. The topological polar surface area (TPSA) is 89.0 Å². The van der Waals surface area contributed by atoms with E-state index in [1.807, 2.05) is 55.5 Å². The number of ether oxygens (including phenoxy) is 2. The van der Waals surface area contributed by atoms with Gasteiger partial charge in [-0.1, -0.05) is 42.5 Å². The molecular formula is C23H23N3O4. The molecule has 0 spiro atoms. The van der Waals surface area contributed by atoms with Gasteiger partial charge in [0.25, 0.3) is 0 Å². The van der Waals surface area contributed by atoms with Crippen LogP contribution in [-0.4, -0.2) is 31.7 Å². The van der Waals surface area contributed by atoms with Gasteiger partial charge in [-0.2, -0.15) is 5.10 Å². The summed E-state index contributed by atoms with van der Waals surface area (Å²) in [4.78, 5) is 24.1. The fourth-order valence-corrected chi connectivity index (χ4v) is 2.90. The third-order valence-corrected chi connectivity index (χ3v) is 4.41. The first-order chi connectivity index (χ1) is 14.6. The summed E-state index contributed by atoms with van der Waals surface area (Å²) in [5.74, 6) is -0.251. The number of hydrogen-bond donors (Lipinski definition) is 2. The van der Waals surface area contributed by atoms with Crippen molar-refractivity contribution >= 4 is 28.8 Å². The standard InChI is InChI=1S/C23H23N3O4/c1-3-30-21-13-10-17-6-4-5-7-19(17)20(21)15-25-26-23(28)22(27)24-14-16-8-11-18(29-2)12-9-16/h4-13,15H,3,14H2,1-2H3,(H,24,27)(H,26,28)/b25-15-. The Morgan fingerprint density at radius 3 is 2.50 bits per heavy atom. The molecule has 3 rings (SSSR count). The van der Waals surface area contributed by atoms with Gasteiger partial charge in [0, 0.05) is 12.1 Å². The summed E-state index contributed by atoms with van der Waals surface area (Å²) in [7, 11) is 1.58. The van der Waals surface area contributed by atoms with Crippen LogP contribution in [0, 0.1) is 0 Å². The molecule has 3 aromatic rings. The molecule has 0 unspecified atom stereocenters. The van der Waals surface area contributed by atoms with Gasteiger partial charge in [-0.15, -0.1) is 0 Å². The molecule has 0 fully saturated rings. The second kappa shape index (κ2) is 10.1. The number of rotatable bonds is 7. The van der Waals surface area contributed by atoms with Crippen LogP contribution in [0.1, 0.15) is 18.1 Å². The summed E-state index contributed by atoms with van der Waals surface area (Å²) in [5, 5.41) is 8.46. The van der Waals surface area contributed by atoms with Crippen molar-refractivity contribution in [3.63, 3.8) is 0 Å². The predicted molar refractivity (Wildman–Crippen MR) is 116 cm³/mol. The van der Waals surface area contributed by atoms with Crippen molar-refractivity contribution < 1.29 is 19.1 Å². The fraction of sp³-hybridized carbons (Fsp3) is 0.174. The van der Waals surface area contributed by atoms with Crippen LogP contribution in [0.3, 0.4) is 0 Å². The van der Waals surface area contributed by atoms with E-state index in [2.05, 4.69) is 15.8 Å². The van der Waals surface area contributed by atoms with Crippen molar-refractivity contribution in [2.75, 3.05) is 13.7 Å². The monoisotopic (exact) mass is 405 g/mol. The maximum absolute atomic E-state index is 12.0. The molecule has 0 saturated carbocycles. The van der Waals surface area contributed by atoms with Crippen molar-refractivity contribution in [1.82, 2.24) is 10.7 Å². The van der Waals surface area contributed by atoms with E-state index in [1.165, 1.54) is 6.21 Å². The number of benzene rings is 3. The molecule has 30 heavy (non-hydrogen) atoms. The molecule has 0 aliphatic rings. The highest BCUT2D eigenvalue weighted by Crippen LogP contribution is 2.26. The number of hydrogen-bond acceptors (Lipinski definition) is 5. The molecule has 0 radical (unpaired) electrons. The Bertz CT molecular complexity index is 1060. The first kappa shape index (κ1) is 20.9. The van der Waals surface area contributed by atoms with Gasteiger partial charge < -0.3 is 14.8 Å². The summed E-state index contributed by atoms with van der Waals surface area (Å²) in [6.07, 6.45) is 1.49. The lowest BCUT2D eigenvalue weighted by Gasteiger charge is -2.10. The number of hydrazone groups is 1. The number of nitrogens with zero attached hydrogens (tertiary/aromatic N) is 1. The second-order valence-electron chi connectivity index (χ2n) is 6.36. The molecule has 2 N–H and O–H groups in total. The molecule has 0 aliphatic carbocycles. The van der Waals surface area contributed by atoms with E-state index in [0.29, 0.717) is 12.4 Å². The Labute approximate surface area is 174 Å². The molecule has 0 saturated heterocycles. The van der Waals surface area contributed by atoms with Crippen LogP contribution in [0.15, 0.2) is 65.8 Å². The molecule has 0 aliphatic heterocycles. The van der Waals surface area contributed by atoms with Gasteiger partial charge in [0.05, 0.1) is 19.9 Å². The number of amides is 2. The van der Waals surface area contributed by atoms with Crippen LogP contribution >= 0.6 is 0 Å². The lowest BCUT2D eigenvalue weighted by molar-refractivity contribution is -0.139. The molecule has 3 aromatic carbocycles. The molecule has 7 heteroatoms. The van der Waals surface area contributed by atoms with E-state index in [9.17, 15) is 9.59 Å². The van der Waals surface area contributed by atoms with Crippen LogP contribution in [0.25, 0.3) is 10.8 Å². The second-order valence-corrected chi connectivity index (χ2v) is 6.36. The first-order valence-electron chi connectivity index (χ1n) is 9.51. The van der Waals surface area contributed by atoms with Crippen LogP contribution in [0.2, 0.25) is 0 Å². The first-order valence-corrected chi connectivity index (χ1v) is 9.51. The highest BCUT2D eigenvalue weighted by atomic mass is 16.5. The van der Waals surface area contributed by atoms with Gasteiger partial charge in [-0.05, 0) is 41.5 Å². The summed E-state index contributed by atoms with van der Waals surface area (Å²) in [6.45, 7) is 2.61. The van der Waals surface area contributed by atoms with Crippen LogP contribution in [0.4, 0.5) is 0 Å². The summed E-state index contributed by atoms with van der Waals surface area (Å²) < 4.78 is 10.7. The van der Waals surface area contributed by atoms with Crippen LogP contribution in [-0.2, 0) is 16.1 Å². The van der Waals surface area contributed by atoms with Crippen molar-refractivity contribution in [2.24, 2.45) is 5.10 Å². The Kier molecular flexibility index (Phi) is 7.00. The van der Waals surface area contributed by atoms with Gasteiger partial charge in [0.2, 0.25) is 0 Å². The maximum atomic E-state index is 12.0. The normalized spacial score (nSPS) is 10.7.